The zero-order valence-corrected chi connectivity index (χ0v) is 19.8. The van der Waals surface area contributed by atoms with Crippen molar-refractivity contribution in [1.82, 2.24) is 14.4 Å². The van der Waals surface area contributed by atoms with Gasteiger partial charge in [-0.2, -0.15) is 13.2 Å². The molecule has 196 valence electrons. The minimum Gasteiger partial charge on any atom is -0.478 e. The summed E-state index contributed by atoms with van der Waals surface area (Å²) >= 11 is 0. The highest BCUT2D eigenvalue weighted by Gasteiger charge is 2.39. The van der Waals surface area contributed by atoms with Crippen molar-refractivity contribution < 1.29 is 41.4 Å². The Hall–Kier alpha value is -4.61. The minimum absolute atomic E-state index is 0.166. The summed E-state index contributed by atoms with van der Waals surface area (Å²) < 4.78 is 76.9. The van der Waals surface area contributed by atoms with Crippen molar-refractivity contribution in [3.8, 4) is 28.3 Å². The molecule has 4 rings (SSSR count). The number of benzene rings is 2. The molecule has 0 fully saturated rings. The number of carbonyl (C=O) groups is 2. The van der Waals surface area contributed by atoms with Crippen LogP contribution in [0.3, 0.4) is 0 Å². The van der Waals surface area contributed by atoms with E-state index in [-0.39, 0.29) is 23.0 Å². The molecule has 1 N–H and O–H groups in total. The fourth-order valence-electron chi connectivity index (χ4n) is 3.75. The van der Waals surface area contributed by atoms with Gasteiger partial charge in [0.1, 0.15) is 17.4 Å². The number of aliphatic carboxylic acids is 1. The second-order valence-electron chi connectivity index (χ2n) is 8.43. The number of fused-ring (bicyclic) bond motifs is 1. The maximum Gasteiger partial charge on any atom is 0.435 e. The lowest BCUT2D eigenvalue weighted by Crippen LogP contribution is -2.09. The molecule has 0 aliphatic heterocycles. The van der Waals surface area contributed by atoms with E-state index < -0.39 is 46.7 Å². The molecule has 38 heavy (non-hydrogen) atoms. The number of hydrogen-bond acceptors (Lipinski definition) is 5. The standard InChI is InChI=1S/C26H18F5N3O4/c1-13(2)17-9-14(3-6-18(17)27)20-12-34-21(11-32-20)33-25(26(29,30)31)24(34)16-5-4-15(10-19(16)28)38-23(37)8-7-22(35)36/h3-13H,1-2H3,(H,35,36)/b8-7+. The second kappa shape index (κ2) is 10.0. The number of imidazole rings is 1. The molecular weight excluding hydrogens is 513 g/mol. The molecule has 0 unspecified atom stereocenters. The molecule has 7 nitrogen and oxygen atoms in total. The Morgan fingerprint density at radius 2 is 1.79 bits per heavy atom. The number of rotatable bonds is 6. The topological polar surface area (TPSA) is 93.8 Å². The van der Waals surface area contributed by atoms with E-state index in [4.69, 9.17) is 9.84 Å². The van der Waals surface area contributed by atoms with Crippen molar-refractivity contribution in [1.29, 1.82) is 0 Å². The molecule has 0 bridgehead atoms. The van der Waals surface area contributed by atoms with Gasteiger partial charge in [-0.1, -0.05) is 13.8 Å². The highest BCUT2D eigenvalue weighted by molar-refractivity contribution is 5.91. The SMILES string of the molecule is CC(C)c1cc(-c2cn3c(-c4ccc(OC(=O)/C=C/C(=O)O)cc4F)c(C(F)(F)F)nc3cn2)ccc1F. The lowest BCUT2D eigenvalue weighted by atomic mass is 9.99. The molecule has 0 atom stereocenters. The van der Waals surface area contributed by atoms with Gasteiger partial charge in [-0.05, 0) is 41.8 Å². The number of esters is 1. The lowest BCUT2D eigenvalue weighted by molar-refractivity contribution is -0.140. The monoisotopic (exact) mass is 531 g/mol. The number of halogens is 5. The molecule has 2 heterocycles. The van der Waals surface area contributed by atoms with Gasteiger partial charge < -0.3 is 9.84 Å². The third-order valence-electron chi connectivity index (χ3n) is 5.47. The first kappa shape index (κ1) is 26.5. The minimum atomic E-state index is -4.96. The summed E-state index contributed by atoms with van der Waals surface area (Å²) in [5.74, 6) is -4.66. The zero-order chi connectivity index (χ0) is 27.8. The van der Waals surface area contributed by atoms with E-state index in [0.717, 1.165) is 22.7 Å². The first-order chi connectivity index (χ1) is 17.8. The third kappa shape index (κ3) is 5.38. The maximum absolute atomic E-state index is 15.1. The molecule has 0 radical (unpaired) electrons. The number of carboxylic acid groups (broad SMARTS) is 1. The predicted octanol–water partition coefficient (Wildman–Crippen LogP) is 6.03. The van der Waals surface area contributed by atoms with Crippen LogP contribution < -0.4 is 4.74 Å². The van der Waals surface area contributed by atoms with Gasteiger partial charge in [0.2, 0.25) is 0 Å². The van der Waals surface area contributed by atoms with Crippen LogP contribution in [0.15, 0.2) is 60.9 Å². The van der Waals surface area contributed by atoms with Gasteiger partial charge in [0.25, 0.3) is 0 Å². The molecule has 0 aliphatic rings. The van der Waals surface area contributed by atoms with E-state index in [9.17, 15) is 27.2 Å². The Bertz CT molecular complexity index is 1590. The van der Waals surface area contributed by atoms with Gasteiger partial charge in [-0.25, -0.2) is 23.4 Å². The first-order valence-electron chi connectivity index (χ1n) is 11.0. The Morgan fingerprint density at radius 3 is 2.42 bits per heavy atom. The molecule has 0 saturated carbocycles. The van der Waals surface area contributed by atoms with Crippen LogP contribution in [0, 0.1) is 11.6 Å². The number of carbonyl (C=O) groups excluding carboxylic acids is 1. The number of nitrogens with zero attached hydrogens (tertiary/aromatic N) is 3. The van der Waals surface area contributed by atoms with Crippen LogP contribution >= 0.6 is 0 Å². The number of hydrogen-bond donors (Lipinski definition) is 1. The van der Waals surface area contributed by atoms with Gasteiger partial charge >= 0.3 is 18.1 Å². The van der Waals surface area contributed by atoms with E-state index in [1.165, 1.54) is 24.4 Å². The van der Waals surface area contributed by atoms with Crippen LogP contribution in [0.2, 0.25) is 0 Å². The molecule has 0 aliphatic carbocycles. The smallest absolute Gasteiger partial charge is 0.435 e. The average molecular weight is 531 g/mol. The maximum atomic E-state index is 15.1. The molecule has 12 heteroatoms. The van der Waals surface area contributed by atoms with Crippen molar-refractivity contribution in [3.63, 3.8) is 0 Å². The summed E-state index contributed by atoms with van der Waals surface area (Å²) in [6, 6.07) is 6.93. The molecule has 0 saturated heterocycles. The highest BCUT2D eigenvalue weighted by atomic mass is 19.4. The van der Waals surface area contributed by atoms with Gasteiger partial charge in [0.05, 0.1) is 17.6 Å². The van der Waals surface area contributed by atoms with Gasteiger partial charge in [0.15, 0.2) is 11.3 Å². The Labute approximate surface area is 211 Å². The fourth-order valence-corrected chi connectivity index (χ4v) is 3.75. The molecule has 0 spiro atoms. The third-order valence-corrected chi connectivity index (χ3v) is 5.47. The van der Waals surface area contributed by atoms with Crippen molar-refractivity contribution in [2.45, 2.75) is 25.9 Å². The molecule has 0 amide bonds. The molecule has 4 aromatic rings. The summed E-state index contributed by atoms with van der Waals surface area (Å²) in [4.78, 5) is 29.9. The number of carboxylic acids is 1. The largest absolute Gasteiger partial charge is 0.478 e. The summed E-state index contributed by atoms with van der Waals surface area (Å²) in [7, 11) is 0. The van der Waals surface area contributed by atoms with Crippen molar-refractivity contribution in [3.05, 3.63) is 83.8 Å². The van der Waals surface area contributed by atoms with E-state index in [1.807, 2.05) is 0 Å². The van der Waals surface area contributed by atoms with E-state index >= 15 is 4.39 Å². The van der Waals surface area contributed by atoms with Crippen LogP contribution in [0.5, 0.6) is 5.75 Å². The quantitative estimate of drug-likeness (QED) is 0.141. The first-order valence-corrected chi connectivity index (χ1v) is 11.0. The van der Waals surface area contributed by atoms with Crippen molar-refractivity contribution in [2.75, 3.05) is 0 Å². The zero-order valence-electron chi connectivity index (χ0n) is 19.8. The summed E-state index contributed by atoms with van der Waals surface area (Å²) in [5.41, 5.74) is -1.68. The van der Waals surface area contributed by atoms with E-state index in [0.29, 0.717) is 29.3 Å². The van der Waals surface area contributed by atoms with Crippen molar-refractivity contribution in [2.24, 2.45) is 0 Å². The Balaban J connectivity index is 1.84. The van der Waals surface area contributed by atoms with Crippen LogP contribution in [-0.4, -0.2) is 31.4 Å². The number of ether oxygens (including phenoxy) is 1. The van der Waals surface area contributed by atoms with Crippen LogP contribution in [0.1, 0.15) is 31.0 Å². The second-order valence-corrected chi connectivity index (χ2v) is 8.43. The number of alkyl halides is 3. The highest BCUT2D eigenvalue weighted by Crippen LogP contribution is 2.39. The Kier molecular flexibility index (Phi) is 6.99. The summed E-state index contributed by atoms with van der Waals surface area (Å²) in [6.07, 6.45) is -1.52. The summed E-state index contributed by atoms with van der Waals surface area (Å²) in [5, 5.41) is 8.56. The molecule has 2 aromatic carbocycles. The van der Waals surface area contributed by atoms with Crippen molar-refractivity contribution >= 4 is 17.6 Å². The van der Waals surface area contributed by atoms with Gasteiger partial charge in [-0.3, -0.25) is 9.38 Å². The average Bonchev–Trinajstić information content (AvgIpc) is 3.22. The lowest BCUT2D eigenvalue weighted by Gasteiger charge is -2.12. The normalized spacial score (nSPS) is 12.0. The molecule has 2 aromatic heterocycles. The molecular formula is C26H18F5N3O4. The predicted molar refractivity (Wildman–Crippen MR) is 125 cm³/mol. The van der Waals surface area contributed by atoms with Crippen LogP contribution in [-0.2, 0) is 15.8 Å². The van der Waals surface area contributed by atoms with Crippen LogP contribution in [0.4, 0.5) is 22.0 Å². The van der Waals surface area contributed by atoms with Gasteiger partial charge in [-0.15, -0.1) is 0 Å². The van der Waals surface area contributed by atoms with E-state index in [1.54, 1.807) is 13.8 Å². The summed E-state index contributed by atoms with van der Waals surface area (Å²) in [6.45, 7) is 3.57. The fraction of sp³-hybridized carbons (Fsp3) is 0.154. The number of aromatic nitrogens is 3. The van der Waals surface area contributed by atoms with Gasteiger partial charge in [0, 0.05) is 35.5 Å². The Morgan fingerprint density at radius 1 is 1.05 bits per heavy atom. The van der Waals surface area contributed by atoms with Crippen LogP contribution in [0.25, 0.3) is 28.2 Å². The van der Waals surface area contributed by atoms with E-state index in [2.05, 4.69) is 9.97 Å².